The van der Waals surface area contributed by atoms with E-state index in [1.54, 1.807) is 0 Å². The smallest absolute Gasteiger partial charge is 0.226 e. The summed E-state index contributed by atoms with van der Waals surface area (Å²) in [5.74, 6) is -0.0110. The van der Waals surface area contributed by atoms with Crippen LogP contribution in [0.1, 0.15) is 30.7 Å². The lowest BCUT2D eigenvalue weighted by molar-refractivity contribution is -0.122. The van der Waals surface area contributed by atoms with E-state index < -0.39 is 0 Å². The lowest BCUT2D eigenvalue weighted by atomic mass is 9.94. The standard InChI is InChI=1S/C20H22BrN3O/c1-14-5-4-10-24-13-17(22-19(14)24)11-18(25)23-20(2,3)12-15-6-8-16(21)9-7-15/h4-10,13H,11-12H2,1-3H3,(H,23,25). The van der Waals surface area contributed by atoms with Crippen LogP contribution in [0.2, 0.25) is 0 Å². The van der Waals surface area contributed by atoms with Gasteiger partial charge in [0, 0.05) is 22.4 Å². The average molecular weight is 400 g/mol. The molecule has 1 aromatic carbocycles. The molecule has 2 aromatic heterocycles. The molecule has 0 aliphatic heterocycles. The van der Waals surface area contributed by atoms with Crippen molar-refractivity contribution in [2.75, 3.05) is 0 Å². The Kier molecular flexibility index (Phi) is 4.95. The largest absolute Gasteiger partial charge is 0.351 e. The van der Waals surface area contributed by atoms with E-state index in [-0.39, 0.29) is 17.9 Å². The summed E-state index contributed by atoms with van der Waals surface area (Å²) in [5, 5.41) is 3.13. The van der Waals surface area contributed by atoms with Crippen LogP contribution in [-0.4, -0.2) is 20.8 Å². The van der Waals surface area contributed by atoms with Crippen molar-refractivity contribution in [3.8, 4) is 0 Å². The Morgan fingerprint density at radius 1 is 1.24 bits per heavy atom. The van der Waals surface area contributed by atoms with Crippen molar-refractivity contribution in [3.63, 3.8) is 0 Å². The van der Waals surface area contributed by atoms with Crippen LogP contribution in [0.5, 0.6) is 0 Å². The summed E-state index contributed by atoms with van der Waals surface area (Å²) in [6, 6.07) is 12.2. The molecule has 0 saturated carbocycles. The first-order chi connectivity index (χ1) is 11.8. The van der Waals surface area contributed by atoms with E-state index in [1.807, 2.05) is 61.8 Å². The molecule has 3 rings (SSSR count). The molecule has 0 radical (unpaired) electrons. The Morgan fingerprint density at radius 2 is 1.96 bits per heavy atom. The number of fused-ring (bicyclic) bond motifs is 1. The molecule has 3 aromatic rings. The van der Waals surface area contributed by atoms with E-state index in [9.17, 15) is 4.79 Å². The molecule has 25 heavy (non-hydrogen) atoms. The molecule has 0 unspecified atom stereocenters. The van der Waals surface area contributed by atoms with Crippen LogP contribution in [0.25, 0.3) is 5.65 Å². The maximum Gasteiger partial charge on any atom is 0.226 e. The minimum absolute atomic E-state index is 0.0110. The molecule has 4 nitrogen and oxygen atoms in total. The third kappa shape index (κ3) is 4.48. The van der Waals surface area contributed by atoms with E-state index in [1.165, 1.54) is 5.56 Å². The van der Waals surface area contributed by atoms with Gasteiger partial charge in [-0.25, -0.2) is 4.98 Å². The molecule has 2 heterocycles. The predicted octanol–water partition coefficient (Wildman–Crippen LogP) is 4.09. The van der Waals surface area contributed by atoms with Gasteiger partial charge in [0.1, 0.15) is 5.65 Å². The van der Waals surface area contributed by atoms with Crippen LogP contribution in [-0.2, 0) is 17.6 Å². The first-order valence-corrected chi connectivity index (χ1v) is 9.10. The van der Waals surface area contributed by atoms with Crippen LogP contribution >= 0.6 is 15.9 Å². The van der Waals surface area contributed by atoms with Crippen molar-refractivity contribution in [1.82, 2.24) is 14.7 Å². The molecule has 0 bridgehead atoms. The maximum absolute atomic E-state index is 12.5. The highest BCUT2D eigenvalue weighted by molar-refractivity contribution is 9.10. The number of aromatic nitrogens is 2. The lowest BCUT2D eigenvalue weighted by Gasteiger charge is -2.26. The number of nitrogens with one attached hydrogen (secondary N) is 1. The molecule has 0 atom stereocenters. The summed E-state index contributed by atoms with van der Waals surface area (Å²) in [5.41, 5.74) is 3.66. The molecule has 1 N–H and O–H groups in total. The lowest BCUT2D eigenvalue weighted by Crippen LogP contribution is -2.45. The minimum Gasteiger partial charge on any atom is -0.351 e. The van der Waals surface area contributed by atoms with Crippen molar-refractivity contribution < 1.29 is 4.79 Å². The first-order valence-electron chi connectivity index (χ1n) is 8.31. The van der Waals surface area contributed by atoms with Gasteiger partial charge in [0.25, 0.3) is 0 Å². The van der Waals surface area contributed by atoms with Gasteiger partial charge in [0.05, 0.1) is 12.1 Å². The van der Waals surface area contributed by atoms with Gasteiger partial charge in [-0.15, -0.1) is 0 Å². The zero-order valence-corrected chi connectivity index (χ0v) is 16.3. The fourth-order valence-electron chi connectivity index (χ4n) is 3.03. The highest BCUT2D eigenvalue weighted by Gasteiger charge is 2.21. The second kappa shape index (κ2) is 7.00. The fourth-order valence-corrected chi connectivity index (χ4v) is 3.30. The van der Waals surface area contributed by atoms with Crippen molar-refractivity contribution in [1.29, 1.82) is 0 Å². The third-order valence-electron chi connectivity index (χ3n) is 4.11. The number of amides is 1. The summed E-state index contributed by atoms with van der Waals surface area (Å²) in [7, 11) is 0. The molecule has 0 spiro atoms. The number of aryl methyl sites for hydroxylation is 1. The fraction of sp³-hybridized carbons (Fsp3) is 0.300. The van der Waals surface area contributed by atoms with E-state index in [0.29, 0.717) is 0 Å². The van der Waals surface area contributed by atoms with Crippen LogP contribution in [0.4, 0.5) is 0 Å². The number of hydrogen-bond donors (Lipinski definition) is 1. The van der Waals surface area contributed by atoms with Gasteiger partial charge in [-0.1, -0.05) is 34.1 Å². The Balaban J connectivity index is 1.65. The highest BCUT2D eigenvalue weighted by Crippen LogP contribution is 2.17. The number of carbonyl (C=O) groups excluding carboxylic acids is 1. The molecule has 0 aliphatic carbocycles. The number of nitrogens with zero attached hydrogens (tertiary/aromatic N) is 2. The summed E-state index contributed by atoms with van der Waals surface area (Å²) < 4.78 is 3.02. The predicted molar refractivity (Wildman–Crippen MR) is 104 cm³/mol. The molecular formula is C20H22BrN3O. The van der Waals surface area contributed by atoms with Gasteiger partial charge in [0.15, 0.2) is 0 Å². The topological polar surface area (TPSA) is 46.4 Å². The van der Waals surface area contributed by atoms with Crippen molar-refractivity contribution in [3.05, 3.63) is 70.1 Å². The molecule has 0 aliphatic rings. The number of pyridine rings is 1. The number of hydrogen-bond acceptors (Lipinski definition) is 2. The Morgan fingerprint density at radius 3 is 2.64 bits per heavy atom. The van der Waals surface area contributed by atoms with E-state index in [2.05, 4.69) is 38.4 Å². The van der Waals surface area contributed by atoms with Gasteiger partial charge < -0.3 is 9.72 Å². The monoisotopic (exact) mass is 399 g/mol. The van der Waals surface area contributed by atoms with Gasteiger partial charge >= 0.3 is 0 Å². The maximum atomic E-state index is 12.5. The summed E-state index contributed by atoms with van der Waals surface area (Å²) in [6.07, 6.45) is 4.93. The second-order valence-corrected chi connectivity index (χ2v) is 7.98. The number of rotatable bonds is 5. The van der Waals surface area contributed by atoms with E-state index in [4.69, 9.17) is 0 Å². The zero-order chi connectivity index (χ0) is 18.0. The molecule has 0 saturated heterocycles. The van der Waals surface area contributed by atoms with Gasteiger partial charge in [-0.2, -0.15) is 0 Å². The van der Waals surface area contributed by atoms with Crippen LogP contribution in [0.3, 0.4) is 0 Å². The van der Waals surface area contributed by atoms with Crippen LogP contribution < -0.4 is 5.32 Å². The number of benzene rings is 1. The summed E-state index contributed by atoms with van der Waals surface area (Å²) in [4.78, 5) is 17.0. The van der Waals surface area contributed by atoms with E-state index in [0.717, 1.165) is 27.8 Å². The van der Waals surface area contributed by atoms with Crippen molar-refractivity contribution in [2.45, 2.75) is 39.2 Å². The van der Waals surface area contributed by atoms with E-state index >= 15 is 0 Å². The van der Waals surface area contributed by atoms with Gasteiger partial charge in [-0.3, -0.25) is 4.79 Å². The Bertz CT molecular complexity index is 897. The molecule has 5 heteroatoms. The SMILES string of the molecule is Cc1cccn2cc(CC(=O)NC(C)(C)Cc3ccc(Br)cc3)nc12. The van der Waals surface area contributed by atoms with Crippen LogP contribution in [0.15, 0.2) is 53.3 Å². The number of halogens is 1. The quantitative estimate of drug-likeness (QED) is 0.702. The molecule has 1 amide bonds. The molecule has 0 fully saturated rings. The van der Waals surface area contributed by atoms with Crippen molar-refractivity contribution >= 4 is 27.5 Å². The first kappa shape index (κ1) is 17.7. The molecule has 130 valence electrons. The number of imidazole rings is 1. The Labute approximate surface area is 156 Å². The summed E-state index contributed by atoms with van der Waals surface area (Å²) in [6.45, 7) is 6.11. The summed E-state index contributed by atoms with van der Waals surface area (Å²) >= 11 is 3.44. The minimum atomic E-state index is -0.319. The van der Waals surface area contributed by atoms with Crippen molar-refractivity contribution in [2.24, 2.45) is 0 Å². The van der Waals surface area contributed by atoms with Gasteiger partial charge in [-0.05, 0) is 56.5 Å². The Hall–Kier alpha value is -2.14. The third-order valence-corrected chi connectivity index (χ3v) is 4.64. The molecular weight excluding hydrogens is 378 g/mol. The normalized spacial score (nSPS) is 11.7. The second-order valence-electron chi connectivity index (χ2n) is 7.07. The van der Waals surface area contributed by atoms with Crippen LogP contribution in [0, 0.1) is 6.92 Å². The zero-order valence-electron chi connectivity index (χ0n) is 14.7. The number of carbonyl (C=O) groups is 1. The average Bonchev–Trinajstić information content (AvgIpc) is 2.92. The van der Waals surface area contributed by atoms with Gasteiger partial charge in [0.2, 0.25) is 5.91 Å². The highest BCUT2D eigenvalue weighted by atomic mass is 79.9.